The average Bonchev–Trinajstić information content (AvgIpc) is 3.26. The van der Waals surface area contributed by atoms with Gasteiger partial charge < -0.3 is 0 Å². The molecule has 0 radical (unpaired) electrons. The largest absolute Gasteiger partial charge is 0.297 e. The minimum absolute atomic E-state index is 0.187. The van der Waals surface area contributed by atoms with Gasteiger partial charge in [-0.25, -0.2) is 0 Å². The molecule has 3 fully saturated rings. The molecular formula is C36H54O3S. The summed E-state index contributed by atoms with van der Waals surface area (Å²) in [5.74, 6) is 5.13. The standard InChI is InChI=1S/C36H54O3S/c1-8-27(24(2)3)12-11-26(5)32-17-18-33-31-16-13-28-23-29(39-40(37,38)30-14-9-25(4)10-15-30)19-21-35(28,6)34(31)20-22-36(32,33)7/h9-15,24,26-27,29,31-34H,8,16-23H2,1-7H3/t26-,27-,29+,31?,32-,33?,34?,35+,36-/m1/s1. The van der Waals surface area contributed by atoms with Gasteiger partial charge in [-0.3, -0.25) is 4.18 Å². The first-order valence-electron chi connectivity index (χ1n) is 16.3. The lowest BCUT2D eigenvalue weighted by molar-refractivity contribution is -0.0523. The molecule has 0 saturated heterocycles. The van der Waals surface area contributed by atoms with Crippen LogP contribution in [0.5, 0.6) is 0 Å². The average molecular weight is 567 g/mol. The Kier molecular flexibility index (Phi) is 8.54. The molecule has 0 spiro atoms. The Morgan fingerprint density at radius 3 is 2.38 bits per heavy atom. The molecule has 222 valence electrons. The Labute approximate surface area is 245 Å². The van der Waals surface area contributed by atoms with Gasteiger partial charge in [0.2, 0.25) is 0 Å². The molecular weight excluding hydrogens is 512 g/mol. The second-order valence-electron chi connectivity index (χ2n) is 14.8. The van der Waals surface area contributed by atoms with Crippen molar-refractivity contribution in [1.29, 1.82) is 0 Å². The van der Waals surface area contributed by atoms with E-state index in [1.54, 1.807) is 12.1 Å². The lowest BCUT2D eigenvalue weighted by Crippen LogP contribution is -2.51. The Morgan fingerprint density at radius 2 is 1.70 bits per heavy atom. The minimum Gasteiger partial charge on any atom is -0.263 e. The van der Waals surface area contributed by atoms with Gasteiger partial charge in [-0.15, -0.1) is 0 Å². The van der Waals surface area contributed by atoms with Gasteiger partial charge in [0.25, 0.3) is 10.1 Å². The van der Waals surface area contributed by atoms with Crippen molar-refractivity contribution in [3.05, 3.63) is 53.6 Å². The summed E-state index contributed by atoms with van der Waals surface area (Å²) >= 11 is 0. The highest BCUT2D eigenvalue weighted by Crippen LogP contribution is 2.67. The van der Waals surface area contributed by atoms with E-state index in [0.29, 0.717) is 23.2 Å². The molecule has 3 saturated carbocycles. The fourth-order valence-electron chi connectivity index (χ4n) is 9.84. The summed E-state index contributed by atoms with van der Waals surface area (Å²) in [6.45, 7) is 16.6. The van der Waals surface area contributed by atoms with Crippen molar-refractivity contribution in [3.8, 4) is 0 Å². The van der Waals surface area contributed by atoms with Crippen molar-refractivity contribution in [2.24, 2.45) is 52.3 Å². The molecule has 1 aromatic carbocycles. The molecule has 0 aromatic heterocycles. The van der Waals surface area contributed by atoms with Crippen molar-refractivity contribution < 1.29 is 12.6 Å². The molecule has 1 aromatic rings. The van der Waals surface area contributed by atoms with E-state index in [9.17, 15) is 8.42 Å². The molecule has 0 N–H and O–H groups in total. The Morgan fingerprint density at radius 1 is 0.975 bits per heavy atom. The molecule has 4 heteroatoms. The van der Waals surface area contributed by atoms with Gasteiger partial charge in [-0.2, -0.15) is 8.42 Å². The highest BCUT2D eigenvalue weighted by atomic mass is 32.2. The first-order valence-corrected chi connectivity index (χ1v) is 17.7. The lowest BCUT2D eigenvalue weighted by atomic mass is 9.47. The molecule has 0 heterocycles. The fraction of sp³-hybridized carbons (Fsp3) is 0.722. The number of aryl methyl sites for hydroxylation is 1. The van der Waals surface area contributed by atoms with E-state index in [4.69, 9.17) is 4.18 Å². The fourth-order valence-corrected chi connectivity index (χ4v) is 10.9. The van der Waals surface area contributed by atoms with Crippen molar-refractivity contribution >= 4 is 10.1 Å². The molecule has 4 aliphatic rings. The van der Waals surface area contributed by atoms with Crippen LogP contribution in [0, 0.1) is 59.2 Å². The third-order valence-electron chi connectivity index (χ3n) is 12.3. The summed E-state index contributed by atoms with van der Waals surface area (Å²) in [6, 6.07) is 7.01. The molecule has 3 nitrogen and oxygen atoms in total. The molecule has 0 aliphatic heterocycles. The summed E-state index contributed by atoms with van der Waals surface area (Å²) in [7, 11) is -3.74. The van der Waals surface area contributed by atoms with Crippen LogP contribution in [0.15, 0.2) is 53.0 Å². The molecule has 0 bridgehead atoms. The van der Waals surface area contributed by atoms with E-state index in [2.05, 4.69) is 59.8 Å². The van der Waals surface area contributed by atoms with Crippen molar-refractivity contribution in [1.82, 2.24) is 0 Å². The second kappa shape index (κ2) is 11.4. The molecule has 4 aliphatic carbocycles. The number of rotatable bonds is 8. The number of benzene rings is 1. The van der Waals surface area contributed by atoms with Gasteiger partial charge in [0.05, 0.1) is 11.0 Å². The van der Waals surface area contributed by atoms with E-state index >= 15 is 0 Å². The Bertz CT molecular complexity index is 1210. The maximum absolute atomic E-state index is 13.0. The smallest absolute Gasteiger partial charge is 0.263 e. The van der Waals surface area contributed by atoms with Gasteiger partial charge >= 0.3 is 0 Å². The SMILES string of the molecule is CC[C@H](C=C[C@@H](C)[C@H]1CCC2C3CC=C4C[C@@H](OS(=O)(=O)c5ccc(C)cc5)CC[C@]4(C)C3CC[C@@]21C)C(C)C. The summed E-state index contributed by atoms with van der Waals surface area (Å²) < 4.78 is 31.9. The topological polar surface area (TPSA) is 43.4 Å². The molecule has 5 rings (SSSR count). The van der Waals surface area contributed by atoms with Gasteiger partial charge in [-0.1, -0.05) is 83.0 Å². The first kappa shape index (κ1) is 30.1. The lowest BCUT2D eigenvalue weighted by Gasteiger charge is -2.58. The molecule has 3 unspecified atom stereocenters. The van der Waals surface area contributed by atoms with Crippen molar-refractivity contribution in [2.75, 3.05) is 0 Å². The van der Waals surface area contributed by atoms with E-state index < -0.39 is 10.1 Å². The monoisotopic (exact) mass is 566 g/mol. The zero-order valence-corrected chi connectivity index (χ0v) is 27.0. The summed E-state index contributed by atoms with van der Waals surface area (Å²) in [5, 5.41) is 0. The number of fused-ring (bicyclic) bond motifs is 5. The van der Waals surface area contributed by atoms with Crippen LogP contribution in [-0.2, 0) is 14.3 Å². The van der Waals surface area contributed by atoms with Gasteiger partial charge in [-0.05, 0) is 129 Å². The Hall–Kier alpha value is -1.39. The van der Waals surface area contributed by atoms with Crippen LogP contribution in [0.2, 0.25) is 0 Å². The van der Waals surface area contributed by atoms with Crippen molar-refractivity contribution in [3.63, 3.8) is 0 Å². The third-order valence-corrected chi connectivity index (χ3v) is 13.7. The number of allylic oxidation sites excluding steroid dienone is 3. The number of hydrogen-bond donors (Lipinski definition) is 0. The zero-order valence-electron chi connectivity index (χ0n) is 26.2. The third kappa shape index (κ3) is 5.41. The highest BCUT2D eigenvalue weighted by molar-refractivity contribution is 7.86. The van der Waals surface area contributed by atoms with Crippen LogP contribution in [0.3, 0.4) is 0 Å². The summed E-state index contributed by atoms with van der Waals surface area (Å²) in [5.41, 5.74) is 3.15. The predicted molar refractivity (Wildman–Crippen MR) is 165 cm³/mol. The minimum atomic E-state index is -3.74. The normalized spacial score (nSPS) is 37.5. The van der Waals surface area contributed by atoms with E-state index in [1.165, 1.54) is 37.7 Å². The van der Waals surface area contributed by atoms with Crippen molar-refractivity contribution in [2.45, 2.75) is 117 Å². The predicted octanol–water partition coefficient (Wildman–Crippen LogP) is 9.52. The molecule has 40 heavy (non-hydrogen) atoms. The summed E-state index contributed by atoms with van der Waals surface area (Å²) in [4.78, 5) is 0.268. The highest BCUT2D eigenvalue weighted by Gasteiger charge is 2.59. The second-order valence-corrected chi connectivity index (χ2v) is 16.3. The van der Waals surface area contributed by atoms with Gasteiger partial charge in [0.15, 0.2) is 0 Å². The Balaban J connectivity index is 1.28. The van der Waals surface area contributed by atoms with Crippen LogP contribution in [0.25, 0.3) is 0 Å². The van der Waals surface area contributed by atoms with Gasteiger partial charge in [0, 0.05) is 0 Å². The van der Waals surface area contributed by atoms with Crippen LogP contribution < -0.4 is 0 Å². The van der Waals surface area contributed by atoms with E-state index in [0.717, 1.165) is 54.9 Å². The zero-order chi connectivity index (χ0) is 28.9. The van der Waals surface area contributed by atoms with E-state index in [-0.39, 0.29) is 16.4 Å². The quantitative estimate of drug-likeness (QED) is 0.232. The maximum atomic E-state index is 13.0. The molecule has 0 amide bonds. The van der Waals surface area contributed by atoms with Crippen LogP contribution >= 0.6 is 0 Å². The number of hydrogen-bond acceptors (Lipinski definition) is 3. The first-order chi connectivity index (χ1) is 18.9. The maximum Gasteiger partial charge on any atom is 0.297 e. The van der Waals surface area contributed by atoms with Crippen LogP contribution in [0.1, 0.15) is 105 Å². The van der Waals surface area contributed by atoms with Crippen LogP contribution in [0.4, 0.5) is 0 Å². The van der Waals surface area contributed by atoms with Crippen LogP contribution in [-0.4, -0.2) is 14.5 Å². The van der Waals surface area contributed by atoms with E-state index in [1.807, 2.05) is 19.1 Å². The van der Waals surface area contributed by atoms with Gasteiger partial charge in [0.1, 0.15) is 0 Å². The summed E-state index contributed by atoms with van der Waals surface area (Å²) in [6.07, 6.45) is 17.8. The molecule has 9 atom stereocenters.